The molecular weight excluding hydrogens is 270 g/mol. The molecule has 2 amide bonds. The molecule has 0 atom stereocenters. The molecule has 0 saturated heterocycles. The number of hydrogen-bond acceptors (Lipinski definition) is 3. The van der Waals surface area contributed by atoms with Gasteiger partial charge in [0.05, 0.1) is 12.8 Å². The quantitative estimate of drug-likeness (QED) is 0.842. The Labute approximate surface area is 112 Å². The van der Waals surface area contributed by atoms with E-state index in [1.807, 2.05) is 0 Å². The highest BCUT2D eigenvalue weighted by atomic mass is 19.2. The zero-order valence-electron chi connectivity index (χ0n) is 10.2. The van der Waals surface area contributed by atoms with E-state index in [9.17, 15) is 18.4 Å². The highest BCUT2D eigenvalue weighted by molar-refractivity contribution is 6.39. The standard InChI is InChI=1S/C13H10F2N2O3/c14-10-4-3-8(6-11(10)15)17-13(19)12(18)16-7-9-2-1-5-20-9/h1-6H,7H2,(H,16,18)(H,17,19). The van der Waals surface area contributed by atoms with Crippen LogP contribution >= 0.6 is 0 Å². The van der Waals surface area contributed by atoms with E-state index < -0.39 is 23.4 Å². The first-order valence-electron chi connectivity index (χ1n) is 5.63. The van der Waals surface area contributed by atoms with Crippen LogP contribution < -0.4 is 10.6 Å². The van der Waals surface area contributed by atoms with E-state index >= 15 is 0 Å². The normalized spacial score (nSPS) is 10.1. The van der Waals surface area contributed by atoms with Crippen LogP contribution in [0.3, 0.4) is 0 Å². The Morgan fingerprint density at radius 1 is 1.10 bits per heavy atom. The maximum atomic E-state index is 12.9. The first-order chi connectivity index (χ1) is 9.56. The maximum absolute atomic E-state index is 12.9. The summed E-state index contributed by atoms with van der Waals surface area (Å²) < 4.78 is 30.6. The Balaban J connectivity index is 1.90. The van der Waals surface area contributed by atoms with Gasteiger partial charge in [-0.2, -0.15) is 0 Å². The van der Waals surface area contributed by atoms with Gasteiger partial charge in [0.2, 0.25) is 0 Å². The van der Waals surface area contributed by atoms with E-state index in [0.717, 1.165) is 18.2 Å². The van der Waals surface area contributed by atoms with Crippen molar-refractivity contribution in [3.05, 3.63) is 54.0 Å². The first-order valence-corrected chi connectivity index (χ1v) is 5.63. The number of carbonyl (C=O) groups excluding carboxylic acids is 2. The Kier molecular flexibility index (Phi) is 4.09. The fourth-order valence-corrected chi connectivity index (χ4v) is 1.42. The van der Waals surface area contributed by atoms with Crippen LogP contribution in [0.15, 0.2) is 41.0 Å². The summed E-state index contributed by atoms with van der Waals surface area (Å²) >= 11 is 0. The van der Waals surface area contributed by atoms with Gasteiger partial charge in [-0.1, -0.05) is 0 Å². The molecule has 2 N–H and O–H groups in total. The molecule has 0 saturated carbocycles. The summed E-state index contributed by atoms with van der Waals surface area (Å²) in [5, 5.41) is 4.47. The van der Waals surface area contributed by atoms with Crippen molar-refractivity contribution in [3.8, 4) is 0 Å². The maximum Gasteiger partial charge on any atom is 0.313 e. The molecule has 104 valence electrons. The molecule has 0 fully saturated rings. The predicted molar refractivity (Wildman–Crippen MR) is 65.5 cm³/mol. The predicted octanol–water partition coefficient (Wildman–Crippen LogP) is 1.81. The topological polar surface area (TPSA) is 71.3 Å². The summed E-state index contributed by atoms with van der Waals surface area (Å²) in [5.41, 5.74) is -0.0120. The lowest BCUT2D eigenvalue weighted by Crippen LogP contribution is -2.34. The average Bonchev–Trinajstić information content (AvgIpc) is 2.93. The van der Waals surface area contributed by atoms with Crippen molar-refractivity contribution in [2.24, 2.45) is 0 Å². The van der Waals surface area contributed by atoms with Crippen LogP contribution in [0, 0.1) is 11.6 Å². The lowest BCUT2D eigenvalue weighted by atomic mass is 10.3. The largest absolute Gasteiger partial charge is 0.467 e. The molecule has 2 rings (SSSR count). The van der Waals surface area contributed by atoms with Gasteiger partial charge in [0, 0.05) is 11.8 Å². The first kappa shape index (κ1) is 13.7. The lowest BCUT2D eigenvalue weighted by Gasteiger charge is -2.05. The molecule has 7 heteroatoms. The number of benzene rings is 1. The van der Waals surface area contributed by atoms with Gasteiger partial charge in [0.15, 0.2) is 11.6 Å². The molecule has 1 aromatic heterocycles. The van der Waals surface area contributed by atoms with Crippen molar-refractivity contribution >= 4 is 17.5 Å². The molecular formula is C13H10F2N2O3. The Hall–Kier alpha value is -2.70. The number of amides is 2. The van der Waals surface area contributed by atoms with Crippen molar-refractivity contribution in [3.63, 3.8) is 0 Å². The molecule has 20 heavy (non-hydrogen) atoms. The molecule has 1 heterocycles. The van der Waals surface area contributed by atoms with E-state index in [1.165, 1.54) is 6.26 Å². The van der Waals surface area contributed by atoms with Crippen LogP contribution in [-0.2, 0) is 16.1 Å². The Bertz CT molecular complexity index is 627. The SMILES string of the molecule is O=C(NCc1ccco1)C(=O)Nc1ccc(F)c(F)c1. The minimum Gasteiger partial charge on any atom is -0.467 e. The van der Waals surface area contributed by atoms with Gasteiger partial charge in [-0.25, -0.2) is 8.78 Å². The molecule has 0 radical (unpaired) electrons. The third-order valence-corrected chi connectivity index (χ3v) is 2.39. The van der Waals surface area contributed by atoms with E-state index in [2.05, 4.69) is 10.6 Å². The van der Waals surface area contributed by atoms with Crippen molar-refractivity contribution in [1.82, 2.24) is 5.32 Å². The van der Waals surface area contributed by atoms with Gasteiger partial charge in [-0.05, 0) is 24.3 Å². The van der Waals surface area contributed by atoms with Gasteiger partial charge >= 0.3 is 11.8 Å². The number of carbonyl (C=O) groups is 2. The average molecular weight is 280 g/mol. The van der Waals surface area contributed by atoms with Crippen molar-refractivity contribution < 1.29 is 22.8 Å². The smallest absolute Gasteiger partial charge is 0.313 e. The molecule has 0 unspecified atom stereocenters. The van der Waals surface area contributed by atoms with Crippen molar-refractivity contribution in [2.75, 3.05) is 5.32 Å². The van der Waals surface area contributed by atoms with Crippen LogP contribution in [0.5, 0.6) is 0 Å². The van der Waals surface area contributed by atoms with E-state index in [4.69, 9.17) is 4.42 Å². The summed E-state index contributed by atoms with van der Waals surface area (Å²) in [6.07, 6.45) is 1.43. The van der Waals surface area contributed by atoms with Crippen molar-refractivity contribution in [1.29, 1.82) is 0 Å². The van der Waals surface area contributed by atoms with Crippen LogP contribution in [0.2, 0.25) is 0 Å². The Morgan fingerprint density at radius 2 is 1.90 bits per heavy atom. The molecule has 0 spiro atoms. The van der Waals surface area contributed by atoms with Crippen LogP contribution in [-0.4, -0.2) is 11.8 Å². The van der Waals surface area contributed by atoms with Gasteiger partial charge < -0.3 is 15.1 Å². The molecule has 0 aliphatic rings. The molecule has 5 nitrogen and oxygen atoms in total. The molecule has 0 aliphatic carbocycles. The summed E-state index contributed by atoms with van der Waals surface area (Å²) in [7, 11) is 0. The third-order valence-electron chi connectivity index (χ3n) is 2.39. The third kappa shape index (κ3) is 3.41. The van der Waals surface area contributed by atoms with Crippen molar-refractivity contribution in [2.45, 2.75) is 6.54 Å². The van der Waals surface area contributed by atoms with Gasteiger partial charge in [-0.3, -0.25) is 9.59 Å². The lowest BCUT2D eigenvalue weighted by molar-refractivity contribution is -0.136. The van der Waals surface area contributed by atoms with Crippen LogP contribution in [0.25, 0.3) is 0 Å². The summed E-state index contributed by atoms with van der Waals surface area (Å²) in [6, 6.07) is 6.06. The number of furan rings is 1. The second kappa shape index (κ2) is 5.96. The zero-order valence-corrected chi connectivity index (χ0v) is 10.2. The number of rotatable bonds is 3. The van der Waals surface area contributed by atoms with Gasteiger partial charge in [0.25, 0.3) is 0 Å². The second-order valence-corrected chi connectivity index (χ2v) is 3.85. The second-order valence-electron chi connectivity index (χ2n) is 3.85. The van der Waals surface area contributed by atoms with Gasteiger partial charge in [0.1, 0.15) is 5.76 Å². The molecule has 2 aromatic rings. The number of hydrogen-bond donors (Lipinski definition) is 2. The van der Waals surface area contributed by atoms with Crippen LogP contribution in [0.1, 0.15) is 5.76 Å². The zero-order chi connectivity index (χ0) is 14.5. The number of halogens is 2. The fourth-order valence-electron chi connectivity index (χ4n) is 1.42. The molecule has 0 bridgehead atoms. The van der Waals surface area contributed by atoms with E-state index in [0.29, 0.717) is 5.76 Å². The molecule has 0 aliphatic heterocycles. The Morgan fingerprint density at radius 3 is 2.55 bits per heavy atom. The summed E-state index contributed by atoms with van der Waals surface area (Å²) in [4.78, 5) is 23.0. The summed E-state index contributed by atoms with van der Waals surface area (Å²) in [6.45, 7) is 0.0526. The van der Waals surface area contributed by atoms with Gasteiger partial charge in [-0.15, -0.1) is 0 Å². The highest BCUT2D eigenvalue weighted by Crippen LogP contribution is 2.12. The number of nitrogens with one attached hydrogen (secondary N) is 2. The minimum absolute atomic E-state index is 0.0120. The fraction of sp³-hybridized carbons (Fsp3) is 0.0769. The van der Waals surface area contributed by atoms with E-state index in [1.54, 1.807) is 12.1 Å². The van der Waals surface area contributed by atoms with Crippen LogP contribution in [0.4, 0.5) is 14.5 Å². The molecule has 1 aromatic carbocycles. The highest BCUT2D eigenvalue weighted by Gasteiger charge is 2.14. The summed E-state index contributed by atoms with van der Waals surface area (Å²) in [5.74, 6) is -3.56. The number of anilines is 1. The monoisotopic (exact) mass is 280 g/mol. The van der Waals surface area contributed by atoms with E-state index in [-0.39, 0.29) is 12.2 Å². The minimum atomic E-state index is -1.11.